The SMILES string of the molecule is CC(C)/C=C\C=C/C(C)C=N. The summed E-state index contributed by atoms with van der Waals surface area (Å²) in [5.41, 5.74) is 0. The fraction of sp³-hybridized carbons (Fsp3) is 0.500. The summed E-state index contributed by atoms with van der Waals surface area (Å²) in [6.07, 6.45) is 9.60. The molecule has 0 aliphatic carbocycles. The molecular weight excluding hydrogens is 134 g/mol. The first-order valence-corrected chi connectivity index (χ1v) is 4.02. The number of allylic oxidation sites excluding steroid dienone is 4. The fourth-order valence-corrected chi connectivity index (χ4v) is 0.581. The minimum Gasteiger partial charge on any atom is -0.313 e. The van der Waals surface area contributed by atoms with Crippen molar-refractivity contribution in [1.29, 1.82) is 5.41 Å². The molecule has 0 aliphatic heterocycles. The van der Waals surface area contributed by atoms with Crippen molar-refractivity contribution in [3.05, 3.63) is 24.3 Å². The van der Waals surface area contributed by atoms with Crippen LogP contribution < -0.4 is 0 Å². The summed E-state index contributed by atoms with van der Waals surface area (Å²) >= 11 is 0. The first-order chi connectivity index (χ1) is 5.16. The fourth-order valence-electron chi connectivity index (χ4n) is 0.581. The Kier molecular flexibility index (Phi) is 5.44. The molecule has 0 aromatic rings. The molecule has 0 saturated heterocycles. The van der Waals surface area contributed by atoms with Crippen LogP contribution in [0.1, 0.15) is 20.8 Å². The predicted octanol–water partition coefficient (Wildman–Crippen LogP) is 3.04. The van der Waals surface area contributed by atoms with Crippen LogP contribution in [-0.4, -0.2) is 6.21 Å². The molecule has 0 heterocycles. The molecular formula is C10H17N. The second-order valence-electron chi connectivity index (χ2n) is 3.04. The van der Waals surface area contributed by atoms with Gasteiger partial charge in [0.05, 0.1) is 0 Å². The topological polar surface area (TPSA) is 23.9 Å². The van der Waals surface area contributed by atoms with E-state index in [1.807, 2.05) is 25.2 Å². The highest BCUT2D eigenvalue weighted by Gasteiger charge is 1.85. The standard InChI is InChI=1S/C10H17N/c1-9(2)6-4-5-7-10(3)8-11/h4-11H,1-3H3/b6-4-,7-5-,11-8?. The van der Waals surface area contributed by atoms with Crippen LogP contribution in [0.2, 0.25) is 0 Å². The highest BCUT2D eigenvalue weighted by molar-refractivity contribution is 5.58. The van der Waals surface area contributed by atoms with Gasteiger partial charge in [0.1, 0.15) is 0 Å². The van der Waals surface area contributed by atoms with Gasteiger partial charge in [0, 0.05) is 12.1 Å². The van der Waals surface area contributed by atoms with Gasteiger partial charge in [-0.25, -0.2) is 0 Å². The van der Waals surface area contributed by atoms with Crippen molar-refractivity contribution in [1.82, 2.24) is 0 Å². The zero-order chi connectivity index (χ0) is 8.69. The number of hydrogen-bond acceptors (Lipinski definition) is 1. The molecule has 1 nitrogen and oxygen atoms in total. The van der Waals surface area contributed by atoms with Crippen LogP contribution >= 0.6 is 0 Å². The molecule has 0 bridgehead atoms. The van der Waals surface area contributed by atoms with Crippen LogP contribution in [0, 0.1) is 17.2 Å². The summed E-state index contributed by atoms with van der Waals surface area (Å²) in [5, 5.41) is 6.93. The average Bonchev–Trinajstić information content (AvgIpc) is 1.97. The Balaban J connectivity index is 3.67. The van der Waals surface area contributed by atoms with E-state index in [0.717, 1.165) is 0 Å². The molecule has 0 saturated carbocycles. The highest BCUT2D eigenvalue weighted by Crippen LogP contribution is 1.96. The maximum atomic E-state index is 6.93. The Bertz CT molecular complexity index is 154. The van der Waals surface area contributed by atoms with E-state index in [9.17, 15) is 0 Å². The van der Waals surface area contributed by atoms with Crippen LogP contribution in [0.25, 0.3) is 0 Å². The third-order valence-corrected chi connectivity index (χ3v) is 1.28. The minimum atomic E-state index is 0.256. The van der Waals surface area contributed by atoms with Crippen molar-refractivity contribution in [3.63, 3.8) is 0 Å². The molecule has 0 radical (unpaired) electrons. The van der Waals surface area contributed by atoms with E-state index < -0.39 is 0 Å². The normalized spacial score (nSPS) is 14.9. The monoisotopic (exact) mass is 151 g/mol. The summed E-state index contributed by atoms with van der Waals surface area (Å²) in [6.45, 7) is 6.28. The molecule has 0 aromatic carbocycles. The van der Waals surface area contributed by atoms with Gasteiger partial charge in [0.25, 0.3) is 0 Å². The van der Waals surface area contributed by atoms with Crippen LogP contribution in [0.4, 0.5) is 0 Å². The molecule has 1 unspecified atom stereocenters. The van der Waals surface area contributed by atoms with Crippen LogP contribution in [0.15, 0.2) is 24.3 Å². The molecule has 0 spiro atoms. The van der Waals surface area contributed by atoms with Gasteiger partial charge < -0.3 is 5.41 Å². The molecule has 1 heteroatoms. The van der Waals surface area contributed by atoms with E-state index in [1.165, 1.54) is 6.21 Å². The maximum absolute atomic E-state index is 6.93. The Morgan fingerprint density at radius 1 is 1.00 bits per heavy atom. The lowest BCUT2D eigenvalue weighted by atomic mass is 10.1. The van der Waals surface area contributed by atoms with Crippen molar-refractivity contribution in [2.24, 2.45) is 11.8 Å². The molecule has 62 valence electrons. The predicted molar refractivity (Wildman–Crippen MR) is 51.1 cm³/mol. The van der Waals surface area contributed by atoms with Gasteiger partial charge in [0.15, 0.2) is 0 Å². The van der Waals surface area contributed by atoms with Gasteiger partial charge in [-0.3, -0.25) is 0 Å². The first-order valence-electron chi connectivity index (χ1n) is 4.02. The molecule has 1 atom stereocenters. The van der Waals surface area contributed by atoms with Crippen LogP contribution in [0.3, 0.4) is 0 Å². The zero-order valence-corrected chi connectivity index (χ0v) is 7.54. The number of nitrogens with one attached hydrogen (secondary N) is 1. The van der Waals surface area contributed by atoms with E-state index in [1.54, 1.807) is 0 Å². The quantitative estimate of drug-likeness (QED) is 0.471. The largest absolute Gasteiger partial charge is 0.313 e. The van der Waals surface area contributed by atoms with Gasteiger partial charge >= 0.3 is 0 Å². The number of rotatable bonds is 4. The molecule has 0 amide bonds. The van der Waals surface area contributed by atoms with E-state index in [2.05, 4.69) is 19.9 Å². The van der Waals surface area contributed by atoms with Crippen LogP contribution in [-0.2, 0) is 0 Å². The zero-order valence-electron chi connectivity index (χ0n) is 7.54. The van der Waals surface area contributed by atoms with Gasteiger partial charge in [-0.15, -0.1) is 0 Å². The Hall–Kier alpha value is -0.850. The van der Waals surface area contributed by atoms with E-state index in [-0.39, 0.29) is 5.92 Å². The summed E-state index contributed by atoms with van der Waals surface area (Å²) in [7, 11) is 0. The smallest absolute Gasteiger partial charge is 0.00895 e. The summed E-state index contributed by atoms with van der Waals surface area (Å²) < 4.78 is 0. The first kappa shape index (κ1) is 10.2. The van der Waals surface area contributed by atoms with E-state index >= 15 is 0 Å². The molecule has 0 aliphatic rings. The van der Waals surface area contributed by atoms with E-state index in [0.29, 0.717) is 5.92 Å². The van der Waals surface area contributed by atoms with Crippen molar-refractivity contribution in [2.45, 2.75) is 20.8 Å². The van der Waals surface area contributed by atoms with Crippen molar-refractivity contribution < 1.29 is 0 Å². The third kappa shape index (κ3) is 7.04. The lowest BCUT2D eigenvalue weighted by Crippen LogP contribution is -1.86. The lowest BCUT2D eigenvalue weighted by molar-refractivity contribution is 0.831. The van der Waals surface area contributed by atoms with Crippen molar-refractivity contribution >= 4 is 6.21 Å². The van der Waals surface area contributed by atoms with Gasteiger partial charge in [-0.2, -0.15) is 0 Å². The number of hydrogen-bond donors (Lipinski definition) is 1. The highest BCUT2D eigenvalue weighted by atomic mass is 14.3. The second-order valence-corrected chi connectivity index (χ2v) is 3.04. The average molecular weight is 151 g/mol. The molecule has 0 rings (SSSR count). The molecule has 1 N–H and O–H groups in total. The molecule has 0 aromatic heterocycles. The summed E-state index contributed by atoms with van der Waals surface area (Å²) in [5.74, 6) is 0.863. The summed E-state index contributed by atoms with van der Waals surface area (Å²) in [4.78, 5) is 0. The third-order valence-electron chi connectivity index (χ3n) is 1.28. The van der Waals surface area contributed by atoms with Gasteiger partial charge in [0.2, 0.25) is 0 Å². The van der Waals surface area contributed by atoms with Crippen molar-refractivity contribution in [2.75, 3.05) is 0 Å². The van der Waals surface area contributed by atoms with Gasteiger partial charge in [-0.05, 0) is 5.92 Å². The summed E-state index contributed by atoms with van der Waals surface area (Å²) in [6, 6.07) is 0. The van der Waals surface area contributed by atoms with Crippen molar-refractivity contribution in [3.8, 4) is 0 Å². The molecule has 11 heavy (non-hydrogen) atoms. The van der Waals surface area contributed by atoms with Crippen LogP contribution in [0.5, 0.6) is 0 Å². The maximum Gasteiger partial charge on any atom is 0.00895 e. The Labute approximate surface area is 69.3 Å². The Morgan fingerprint density at radius 2 is 1.55 bits per heavy atom. The Morgan fingerprint density at radius 3 is 2.00 bits per heavy atom. The van der Waals surface area contributed by atoms with Gasteiger partial charge in [-0.1, -0.05) is 45.1 Å². The molecule has 0 fully saturated rings. The second kappa shape index (κ2) is 5.90. The lowest BCUT2D eigenvalue weighted by Gasteiger charge is -1.92. The van der Waals surface area contributed by atoms with E-state index in [4.69, 9.17) is 5.41 Å². The minimum absolute atomic E-state index is 0.256.